The quantitative estimate of drug-likeness (QED) is 0.225. The van der Waals surface area contributed by atoms with Crippen molar-refractivity contribution in [1.29, 1.82) is 0 Å². The number of benzene rings is 2. The van der Waals surface area contributed by atoms with Crippen molar-refractivity contribution in [2.75, 3.05) is 50.0 Å². The number of hydrogen-bond acceptors (Lipinski definition) is 9. The second-order valence-electron chi connectivity index (χ2n) is 9.95. The summed E-state index contributed by atoms with van der Waals surface area (Å²) >= 11 is 5.95. The van der Waals surface area contributed by atoms with Gasteiger partial charge in [-0.05, 0) is 49.9 Å². The molecular weight excluding hydrogens is 551 g/mol. The van der Waals surface area contributed by atoms with Crippen molar-refractivity contribution < 1.29 is 23.5 Å². The van der Waals surface area contributed by atoms with Gasteiger partial charge in [-0.15, -0.1) is 0 Å². The van der Waals surface area contributed by atoms with Gasteiger partial charge in [0.1, 0.15) is 29.8 Å². The number of esters is 1. The number of nitrogens with one attached hydrogen (secondary N) is 3. The van der Waals surface area contributed by atoms with Crippen molar-refractivity contribution in [1.82, 2.24) is 20.2 Å². The van der Waals surface area contributed by atoms with Gasteiger partial charge in [-0.3, -0.25) is 14.5 Å². The van der Waals surface area contributed by atoms with E-state index >= 15 is 0 Å². The Kier molecular flexibility index (Phi) is 9.28. The van der Waals surface area contributed by atoms with Crippen molar-refractivity contribution in [3.63, 3.8) is 0 Å². The average Bonchev–Trinajstić information content (AvgIpc) is 3.79. The van der Waals surface area contributed by atoms with Crippen LogP contribution in [-0.4, -0.2) is 72.2 Å². The van der Waals surface area contributed by atoms with E-state index in [1.165, 1.54) is 24.5 Å². The van der Waals surface area contributed by atoms with Crippen molar-refractivity contribution in [3.05, 3.63) is 59.7 Å². The van der Waals surface area contributed by atoms with Crippen LogP contribution in [0.25, 0.3) is 10.9 Å². The predicted molar refractivity (Wildman–Crippen MR) is 155 cm³/mol. The highest BCUT2D eigenvalue weighted by Gasteiger charge is 2.29. The molecule has 1 saturated heterocycles. The first-order valence-corrected chi connectivity index (χ1v) is 14.0. The van der Waals surface area contributed by atoms with E-state index in [9.17, 15) is 14.0 Å². The number of hydrogen-bond donors (Lipinski definition) is 3. The maximum absolute atomic E-state index is 13.7. The lowest BCUT2D eigenvalue weighted by Crippen LogP contribution is -2.55. The number of anilines is 3. The van der Waals surface area contributed by atoms with Crippen LogP contribution in [0.4, 0.5) is 21.6 Å². The number of halogens is 2. The molecule has 1 saturated carbocycles. The Hall–Kier alpha value is -3.80. The van der Waals surface area contributed by atoms with Crippen LogP contribution in [0, 0.1) is 11.7 Å². The molecule has 3 aromatic rings. The Labute approximate surface area is 242 Å². The van der Waals surface area contributed by atoms with E-state index in [2.05, 4.69) is 25.9 Å². The van der Waals surface area contributed by atoms with Crippen LogP contribution in [-0.2, 0) is 14.3 Å². The molecule has 1 atom stereocenters. The first-order chi connectivity index (χ1) is 19.9. The van der Waals surface area contributed by atoms with Gasteiger partial charge in [0.2, 0.25) is 5.91 Å². The van der Waals surface area contributed by atoms with E-state index in [4.69, 9.17) is 21.1 Å². The molecule has 12 heteroatoms. The van der Waals surface area contributed by atoms with Crippen molar-refractivity contribution in [2.45, 2.75) is 25.8 Å². The Morgan fingerprint density at radius 2 is 2.10 bits per heavy atom. The summed E-state index contributed by atoms with van der Waals surface area (Å²) in [6, 6.07) is 7.42. The molecule has 2 aromatic carbocycles. The summed E-state index contributed by atoms with van der Waals surface area (Å²) < 4.78 is 24.9. The molecule has 1 aliphatic heterocycles. The van der Waals surface area contributed by atoms with Gasteiger partial charge in [-0.2, -0.15) is 0 Å². The fourth-order valence-corrected chi connectivity index (χ4v) is 4.69. The zero-order valence-corrected chi connectivity index (χ0v) is 23.4. The summed E-state index contributed by atoms with van der Waals surface area (Å²) in [6.07, 6.45) is 6.83. The van der Waals surface area contributed by atoms with Gasteiger partial charge in [-0.25, -0.2) is 14.4 Å². The van der Waals surface area contributed by atoms with Crippen LogP contribution >= 0.6 is 11.6 Å². The summed E-state index contributed by atoms with van der Waals surface area (Å²) in [7, 11) is 0. The highest BCUT2D eigenvalue weighted by molar-refractivity contribution is 6.31. The van der Waals surface area contributed by atoms with E-state index in [0.29, 0.717) is 72.6 Å². The zero-order chi connectivity index (χ0) is 28.8. The maximum Gasteiger partial charge on any atom is 0.324 e. The third-order valence-electron chi connectivity index (χ3n) is 6.87. The molecule has 0 spiro atoms. The Balaban J connectivity index is 1.34. The number of carbonyl (C=O) groups is 2. The van der Waals surface area contributed by atoms with Crippen LogP contribution in [0.3, 0.4) is 0 Å². The minimum atomic E-state index is -0.520. The first kappa shape index (κ1) is 28.7. The highest BCUT2D eigenvalue weighted by atomic mass is 35.5. The SMILES string of the molecule is CCOC(=O)C1CNCCN1C/C=C/C(=O)Nc1cc2c(Nc3ccc(F)c(Cl)c3)ncnc2cc1OCC1CC1. The van der Waals surface area contributed by atoms with Gasteiger partial charge in [0, 0.05) is 49.4 Å². The van der Waals surface area contributed by atoms with Gasteiger partial charge in [0.05, 0.1) is 29.4 Å². The predicted octanol–water partition coefficient (Wildman–Crippen LogP) is 4.29. The smallest absolute Gasteiger partial charge is 0.324 e. The van der Waals surface area contributed by atoms with E-state index < -0.39 is 11.9 Å². The molecule has 1 aromatic heterocycles. The van der Waals surface area contributed by atoms with Gasteiger partial charge >= 0.3 is 5.97 Å². The lowest BCUT2D eigenvalue weighted by Gasteiger charge is -2.33. The average molecular weight is 583 g/mol. The van der Waals surface area contributed by atoms with Crippen LogP contribution < -0.4 is 20.7 Å². The number of ether oxygens (including phenoxy) is 2. The fraction of sp³-hybridized carbons (Fsp3) is 0.379. The number of nitrogens with zero attached hydrogens (tertiary/aromatic N) is 3. The summed E-state index contributed by atoms with van der Waals surface area (Å²) in [5.41, 5.74) is 1.63. The molecule has 2 heterocycles. The number of amides is 1. The molecule has 5 rings (SSSR count). The Morgan fingerprint density at radius 1 is 1.24 bits per heavy atom. The van der Waals surface area contributed by atoms with Crippen LogP contribution in [0.1, 0.15) is 19.8 Å². The minimum absolute atomic E-state index is 0.0155. The third kappa shape index (κ3) is 7.49. The summed E-state index contributed by atoms with van der Waals surface area (Å²) in [4.78, 5) is 36.0. The topological polar surface area (TPSA) is 118 Å². The van der Waals surface area contributed by atoms with Gasteiger partial charge in [0.15, 0.2) is 0 Å². The Morgan fingerprint density at radius 3 is 2.88 bits per heavy atom. The number of rotatable bonds is 11. The molecule has 216 valence electrons. The standard InChI is InChI=1S/C29H32ClFN6O4/c1-2-40-29(39)25-15-32-9-11-37(25)10-3-4-27(38)36-24-13-20-23(14-26(24)41-16-18-5-6-18)33-17-34-28(20)35-19-7-8-22(31)21(30)12-19/h3-4,7-8,12-14,17-18,25,32H,2,5-6,9-11,15-16H2,1H3,(H,36,38)(H,33,34,35)/b4-3+. The molecule has 1 aliphatic carbocycles. The van der Waals surface area contributed by atoms with Crippen LogP contribution in [0.2, 0.25) is 5.02 Å². The summed E-state index contributed by atoms with van der Waals surface area (Å²) in [5.74, 6) is 0.326. The third-order valence-corrected chi connectivity index (χ3v) is 7.16. The monoisotopic (exact) mass is 582 g/mol. The van der Waals surface area contributed by atoms with Crippen LogP contribution in [0.5, 0.6) is 5.75 Å². The van der Waals surface area contributed by atoms with E-state index in [1.807, 2.05) is 4.90 Å². The molecule has 0 bridgehead atoms. The molecule has 10 nitrogen and oxygen atoms in total. The van der Waals surface area contributed by atoms with E-state index in [-0.39, 0.29) is 16.9 Å². The molecule has 3 N–H and O–H groups in total. The lowest BCUT2D eigenvalue weighted by atomic mass is 10.1. The summed E-state index contributed by atoms with van der Waals surface area (Å²) in [6.45, 7) is 4.97. The summed E-state index contributed by atoms with van der Waals surface area (Å²) in [5, 5.41) is 9.89. The molecule has 2 aliphatic rings. The number of fused-ring (bicyclic) bond motifs is 1. The van der Waals surface area contributed by atoms with Gasteiger partial charge < -0.3 is 25.4 Å². The maximum atomic E-state index is 13.7. The normalized spacial score (nSPS) is 17.5. The van der Waals surface area contributed by atoms with Crippen LogP contribution in [0.15, 0.2) is 48.8 Å². The zero-order valence-electron chi connectivity index (χ0n) is 22.7. The minimum Gasteiger partial charge on any atom is -0.491 e. The Bertz CT molecular complexity index is 1450. The van der Waals surface area contributed by atoms with Gasteiger partial charge in [-0.1, -0.05) is 17.7 Å². The molecule has 1 amide bonds. The van der Waals surface area contributed by atoms with Crippen molar-refractivity contribution in [3.8, 4) is 5.75 Å². The highest BCUT2D eigenvalue weighted by Crippen LogP contribution is 2.36. The second-order valence-corrected chi connectivity index (χ2v) is 10.4. The van der Waals surface area contributed by atoms with Gasteiger partial charge in [0.25, 0.3) is 0 Å². The molecule has 41 heavy (non-hydrogen) atoms. The lowest BCUT2D eigenvalue weighted by molar-refractivity contribution is -0.149. The first-order valence-electron chi connectivity index (χ1n) is 13.6. The van der Waals surface area contributed by atoms with Crippen molar-refractivity contribution in [2.24, 2.45) is 5.92 Å². The second kappa shape index (κ2) is 13.2. The van der Waals surface area contributed by atoms with E-state index in [1.54, 1.807) is 31.2 Å². The largest absolute Gasteiger partial charge is 0.491 e. The fourth-order valence-electron chi connectivity index (χ4n) is 4.51. The molecule has 0 radical (unpaired) electrons. The molecular formula is C29H32ClFN6O4. The molecule has 2 fully saturated rings. The van der Waals surface area contributed by atoms with E-state index in [0.717, 1.165) is 19.4 Å². The van der Waals surface area contributed by atoms with Crippen molar-refractivity contribution >= 4 is 51.6 Å². The molecule has 1 unspecified atom stereocenters. The number of aromatic nitrogens is 2. The number of piperazine rings is 1. The number of carbonyl (C=O) groups excluding carboxylic acids is 2.